The maximum atomic E-state index is 5.09. The van der Waals surface area contributed by atoms with Crippen LogP contribution in [0.2, 0.25) is 0 Å². The van der Waals surface area contributed by atoms with Crippen LogP contribution in [0.3, 0.4) is 0 Å². The van der Waals surface area contributed by atoms with Gasteiger partial charge in [-0.15, -0.1) is 0 Å². The summed E-state index contributed by atoms with van der Waals surface area (Å²) in [7, 11) is 1.60. The fourth-order valence-electron chi connectivity index (χ4n) is 0.639. The third kappa shape index (κ3) is 2.25. The Bertz CT molecular complexity index is 225. The first-order valence-corrected chi connectivity index (χ1v) is 4.60. The Morgan fingerprint density at radius 1 is 1.45 bits per heavy atom. The van der Waals surface area contributed by atoms with Crippen molar-refractivity contribution in [2.24, 2.45) is 0 Å². The van der Waals surface area contributed by atoms with E-state index in [4.69, 9.17) is 4.74 Å². The molecule has 4 heteroatoms. The van der Waals surface area contributed by atoms with Gasteiger partial charge in [0.2, 0.25) is 3.42 Å². The fraction of sp³-hybridized carbons (Fsp3) is 0.286. The maximum absolute atomic E-state index is 5.09. The number of aromatic nitrogens is 1. The van der Waals surface area contributed by atoms with E-state index in [0.717, 1.165) is 5.69 Å². The minimum Gasteiger partial charge on any atom is -0.352 e. The number of nitrogens with zero attached hydrogens (tertiary/aromatic N) is 1. The molecule has 1 rings (SSSR count). The molecule has 0 saturated carbocycles. The lowest BCUT2D eigenvalue weighted by Crippen LogP contribution is -2.12. The number of rotatable bonds is 2. The van der Waals surface area contributed by atoms with Crippen molar-refractivity contribution in [2.75, 3.05) is 7.11 Å². The highest BCUT2D eigenvalue weighted by atomic mass is 79.9. The van der Waals surface area contributed by atoms with Crippen LogP contribution in [-0.2, 0) is 8.16 Å². The topological polar surface area (TPSA) is 22.1 Å². The van der Waals surface area contributed by atoms with Gasteiger partial charge in [0, 0.05) is 13.3 Å². The van der Waals surface area contributed by atoms with Crippen molar-refractivity contribution in [1.29, 1.82) is 0 Å². The van der Waals surface area contributed by atoms with Gasteiger partial charge in [0.25, 0.3) is 0 Å². The molecule has 0 aliphatic carbocycles. The van der Waals surface area contributed by atoms with Crippen LogP contribution in [0.25, 0.3) is 0 Å². The van der Waals surface area contributed by atoms with Crippen LogP contribution in [0.15, 0.2) is 24.4 Å². The number of hydrogen-bond donors (Lipinski definition) is 0. The van der Waals surface area contributed by atoms with E-state index >= 15 is 0 Å². The highest BCUT2D eigenvalue weighted by molar-refractivity contribution is 9.24. The number of halogens is 2. The molecule has 0 saturated heterocycles. The highest BCUT2D eigenvalue weighted by Crippen LogP contribution is 2.36. The SMILES string of the molecule is COC(Br)(Br)c1ccccn1. The van der Waals surface area contributed by atoms with Crippen molar-refractivity contribution in [1.82, 2.24) is 4.98 Å². The predicted octanol–water partition coefficient (Wildman–Crippen LogP) is 2.63. The summed E-state index contributed by atoms with van der Waals surface area (Å²) in [5.74, 6) is 0. The van der Waals surface area contributed by atoms with Gasteiger partial charge in [0.15, 0.2) is 0 Å². The van der Waals surface area contributed by atoms with Crippen LogP contribution < -0.4 is 0 Å². The van der Waals surface area contributed by atoms with Gasteiger partial charge in [-0.2, -0.15) is 0 Å². The monoisotopic (exact) mass is 279 g/mol. The summed E-state index contributed by atoms with van der Waals surface area (Å²) in [6.45, 7) is 0. The number of hydrogen-bond acceptors (Lipinski definition) is 2. The average molecular weight is 281 g/mol. The zero-order chi connectivity index (χ0) is 8.32. The molecule has 0 bridgehead atoms. The number of ether oxygens (including phenoxy) is 1. The molecule has 0 aliphatic heterocycles. The largest absolute Gasteiger partial charge is 0.352 e. The molecule has 11 heavy (non-hydrogen) atoms. The molecule has 1 aromatic rings. The highest BCUT2D eigenvalue weighted by Gasteiger charge is 2.25. The first-order chi connectivity index (χ1) is 5.17. The van der Waals surface area contributed by atoms with Crippen molar-refractivity contribution in [3.8, 4) is 0 Å². The van der Waals surface area contributed by atoms with E-state index in [1.54, 1.807) is 13.3 Å². The van der Waals surface area contributed by atoms with Crippen LogP contribution in [0.1, 0.15) is 5.69 Å². The van der Waals surface area contributed by atoms with Gasteiger partial charge < -0.3 is 4.74 Å². The molecular formula is C7H7Br2NO. The van der Waals surface area contributed by atoms with Crippen LogP contribution in [0.5, 0.6) is 0 Å². The number of methoxy groups -OCH3 is 1. The molecule has 0 aliphatic rings. The average Bonchev–Trinajstić information content (AvgIpc) is 2.06. The zero-order valence-electron chi connectivity index (χ0n) is 5.92. The molecule has 60 valence electrons. The van der Waals surface area contributed by atoms with Crippen molar-refractivity contribution in [2.45, 2.75) is 3.42 Å². The summed E-state index contributed by atoms with van der Waals surface area (Å²) >= 11 is 6.64. The van der Waals surface area contributed by atoms with E-state index in [0.29, 0.717) is 0 Å². The fourth-order valence-corrected chi connectivity index (χ4v) is 1.11. The summed E-state index contributed by atoms with van der Waals surface area (Å²) in [4.78, 5) is 4.10. The molecule has 0 amide bonds. The summed E-state index contributed by atoms with van der Waals surface area (Å²) in [6.07, 6.45) is 1.71. The molecule has 1 heterocycles. The Labute approximate surface area is 82.2 Å². The summed E-state index contributed by atoms with van der Waals surface area (Å²) < 4.78 is 4.44. The van der Waals surface area contributed by atoms with Gasteiger partial charge in [-0.25, -0.2) is 0 Å². The van der Waals surface area contributed by atoms with E-state index in [1.807, 2.05) is 18.2 Å². The minimum atomic E-state index is -0.652. The normalized spacial score (nSPS) is 11.5. The van der Waals surface area contributed by atoms with Crippen molar-refractivity contribution in [3.63, 3.8) is 0 Å². The quantitative estimate of drug-likeness (QED) is 0.777. The lowest BCUT2D eigenvalue weighted by atomic mass is 10.4. The van der Waals surface area contributed by atoms with E-state index in [2.05, 4.69) is 36.8 Å². The Hall–Kier alpha value is 0.0700. The smallest absolute Gasteiger partial charge is 0.220 e. The summed E-state index contributed by atoms with van der Waals surface area (Å²) in [5.41, 5.74) is 0.794. The standard InChI is InChI=1S/C7H7Br2NO/c1-11-7(8,9)6-4-2-3-5-10-6/h2-5H,1H3. The van der Waals surface area contributed by atoms with Crippen LogP contribution >= 0.6 is 31.9 Å². The molecular weight excluding hydrogens is 274 g/mol. The number of alkyl halides is 2. The summed E-state index contributed by atoms with van der Waals surface area (Å²) in [5, 5.41) is 0. The number of pyridine rings is 1. The lowest BCUT2D eigenvalue weighted by Gasteiger charge is -2.16. The molecule has 2 nitrogen and oxygen atoms in total. The van der Waals surface area contributed by atoms with Crippen molar-refractivity contribution in [3.05, 3.63) is 30.1 Å². The van der Waals surface area contributed by atoms with Gasteiger partial charge in [0.05, 0.1) is 5.69 Å². The predicted molar refractivity (Wildman–Crippen MR) is 50.8 cm³/mol. The van der Waals surface area contributed by atoms with Gasteiger partial charge in [-0.1, -0.05) is 6.07 Å². The Kier molecular flexibility index (Phi) is 3.04. The molecule has 0 aromatic carbocycles. The van der Waals surface area contributed by atoms with E-state index in [-0.39, 0.29) is 0 Å². The molecule has 0 radical (unpaired) electrons. The molecule has 0 unspecified atom stereocenters. The lowest BCUT2D eigenvalue weighted by molar-refractivity contribution is 0.155. The summed E-state index contributed by atoms with van der Waals surface area (Å²) in [6, 6.07) is 5.63. The molecule has 0 N–H and O–H groups in total. The van der Waals surface area contributed by atoms with Gasteiger partial charge >= 0.3 is 0 Å². The third-order valence-electron chi connectivity index (χ3n) is 1.22. The Balaban J connectivity index is 2.93. The van der Waals surface area contributed by atoms with Crippen LogP contribution in [0.4, 0.5) is 0 Å². The van der Waals surface area contributed by atoms with Gasteiger partial charge in [-0.05, 0) is 44.0 Å². The van der Waals surface area contributed by atoms with Crippen LogP contribution in [-0.4, -0.2) is 12.1 Å². The molecule has 1 aromatic heterocycles. The second kappa shape index (κ2) is 3.65. The minimum absolute atomic E-state index is 0.652. The first-order valence-electron chi connectivity index (χ1n) is 3.01. The van der Waals surface area contributed by atoms with Gasteiger partial charge in [-0.3, -0.25) is 4.98 Å². The van der Waals surface area contributed by atoms with E-state index in [9.17, 15) is 0 Å². The van der Waals surface area contributed by atoms with Crippen molar-refractivity contribution >= 4 is 31.9 Å². The Morgan fingerprint density at radius 3 is 2.64 bits per heavy atom. The first kappa shape index (κ1) is 9.16. The molecule has 0 fully saturated rings. The second-order valence-electron chi connectivity index (χ2n) is 1.94. The molecule has 0 spiro atoms. The van der Waals surface area contributed by atoms with Crippen molar-refractivity contribution < 1.29 is 4.74 Å². The molecule has 0 atom stereocenters. The Morgan fingerprint density at radius 2 is 2.18 bits per heavy atom. The van der Waals surface area contributed by atoms with E-state index in [1.165, 1.54) is 0 Å². The maximum Gasteiger partial charge on any atom is 0.220 e. The van der Waals surface area contributed by atoms with Gasteiger partial charge in [0.1, 0.15) is 0 Å². The zero-order valence-corrected chi connectivity index (χ0v) is 9.09. The third-order valence-corrected chi connectivity index (χ3v) is 2.68. The van der Waals surface area contributed by atoms with E-state index < -0.39 is 3.42 Å². The second-order valence-corrected chi connectivity index (χ2v) is 5.23. The van der Waals surface area contributed by atoms with Crippen LogP contribution in [0, 0.1) is 0 Å².